The molecule has 0 radical (unpaired) electrons. The predicted molar refractivity (Wildman–Crippen MR) is 33.7 cm³/mol. The Bertz CT molecular complexity index is 208. The van der Waals surface area contributed by atoms with Crippen LogP contribution in [0.1, 0.15) is 0 Å². The van der Waals surface area contributed by atoms with Gasteiger partial charge in [0.25, 0.3) is 0 Å². The predicted octanol–water partition coefficient (Wildman–Crippen LogP) is 1.49. The van der Waals surface area contributed by atoms with Crippen molar-refractivity contribution in [1.82, 2.24) is 10.2 Å². The van der Waals surface area contributed by atoms with E-state index in [9.17, 15) is 0 Å². The van der Waals surface area contributed by atoms with Gasteiger partial charge in [-0.3, -0.25) is 0 Å². The quantitative estimate of drug-likeness (QED) is 0.633. The molecule has 0 aliphatic heterocycles. The summed E-state index contributed by atoms with van der Waals surface area (Å²) in [6.45, 7) is 0. The fraction of sp³-hybridized carbons (Fsp3) is 0. The van der Waals surface area contributed by atoms with E-state index in [1.807, 2.05) is 0 Å². The standard InChI is InChI=1S/C4H2Cl2N2O/c5-2-1-7-8-4(6)3(2)9/h1H,(H,7,9). The van der Waals surface area contributed by atoms with E-state index in [0.717, 1.165) is 0 Å². The molecule has 3 nitrogen and oxygen atoms in total. The highest BCUT2D eigenvalue weighted by molar-refractivity contribution is 6.36. The Morgan fingerprint density at radius 2 is 2.11 bits per heavy atom. The Hall–Kier alpha value is -0.540. The van der Waals surface area contributed by atoms with Gasteiger partial charge >= 0.3 is 0 Å². The van der Waals surface area contributed by atoms with E-state index in [1.54, 1.807) is 0 Å². The summed E-state index contributed by atoms with van der Waals surface area (Å²) in [6.07, 6.45) is 1.21. The molecule has 0 bridgehead atoms. The minimum absolute atomic E-state index is 0.0810. The van der Waals surface area contributed by atoms with E-state index >= 15 is 0 Å². The smallest absolute Gasteiger partial charge is 0.194 e. The van der Waals surface area contributed by atoms with Crippen molar-refractivity contribution in [2.24, 2.45) is 0 Å². The summed E-state index contributed by atoms with van der Waals surface area (Å²) in [6, 6.07) is 0. The highest BCUT2D eigenvalue weighted by atomic mass is 35.5. The van der Waals surface area contributed by atoms with Gasteiger partial charge in [-0.15, -0.1) is 5.10 Å². The Morgan fingerprint density at radius 1 is 1.44 bits per heavy atom. The molecule has 0 fully saturated rings. The molecule has 0 atom stereocenters. The lowest BCUT2D eigenvalue weighted by Gasteiger charge is -1.93. The average Bonchev–Trinajstić information content (AvgIpc) is 1.83. The summed E-state index contributed by atoms with van der Waals surface area (Å²) >= 11 is 10.7. The number of rotatable bonds is 0. The Labute approximate surface area is 61.2 Å². The number of aromatic hydroxyl groups is 1. The van der Waals surface area contributed by atoms with Crippen LogP contribution in [0.4, 0.5) is 0 Å². The SMILES string of the molecule is Oc1c(Cl)cnnc1Cl. The summed E-state index contributed by atoms with van der Waals surface area (Å²) in [5, 5.41) is 15.6. The molecule has 1 aromatic heterocycles. The number of halogens is 2. The molecular weight excluding hydrogens is 163 g/mol. The van der Waals surface area contributed by atoms with E-state index in [1.165, 1.54) is 6.20 Å². The number of hydrogen-bond donors (Lipinski definition) is 1. The Kier molecular flexibility index (Phi) is 1.73. The van der Waals surface area contributed by atoms with E-state index in [4.69, 9.17) is 28.3 Å². The van der Waals surface area contributed by atoms with Gasteiger partial charge in [0, 0.05) is 0 Å². The lowest BCUT2D eigenvalue weighted by Crippen LogP contribution is -1.80. The highest BCUT2D eigenvalue weighted by Crippen LogP contribution is 2.26. The first-order chi connectivity index (χ1) is 4.22. The number of nitrogens with zero attached hydrogens (tertiary/aromatic N) is 2. The number of hydrogen-bond acceptors (Lipinski definition) is 3. The van der Waals surface area contributed by atoms with Crippen LogP contribution in [0.5, 0.6) is 5.75 Å². The highest BCUT2D eigenvalue weighted by Gasteiger charge is 2.02. The second-order valence-corrected chi connectivity index (χ2v) is 2.10. The third-order valence-corrected chi connectivity index (χ3v) is 1.27. The van der Waals surface area contributed by atoms with Gasteiger partial charge in [-0.25, -0.2) is 0 Å². The van der Waals surface area contributed by atoms with Crippen molar-refractivity contribution >= 4 is 23.2 Å². The van der Waals surface area contributed by atoms with Crippen LogP contribution in [0.3, 0.4) is 0 Å². The van der Waals surface area contributed by atoms with Crippen LogP contribution < -0.4 is 0 Å². The molecule has 1 rings (SSSR count). The molecule has 0 spiro atoms. The van der Waals surface area contributed by atoms with Crippen molar-refractivity contribution in [3.8, 4) is 5.75 Å². The minimum Gasteiger partial charge on any atom is -0.504 e. The van der Waals surface area contributed by atoms with Crippen molar-refractivity contribution < 1.29 is 5.11 Å². The van der Waals surface area contributed by atoms with Gasteiger partial charge in [0.15, 0.2) is 10.9 Å². The third-order valence-electron chi connectivity index (χ3n) is 0.738. The van der Waals surface area contributed by atoms with Gasteiger partial charge in [0.2, 0.25) is 0 Å². The first-order valence-corrected chi connectivity index (χ1v) is 2.83. The van der Waals surface area contributed by atoms with E-state index < -0.39 is 0 Å². The molecule has 1 heterocycles. The van der Waals surface area contributed by atoms with Crippen LogP contribution in [-0.2, 0) is 0 Å². The number of aromatic nitrogens is 2. The van der Waals surface area contributed by atoms with Crippen LogP contribution in [0.25, 0.3) is 0 Å². The largest absolute Gasteiger partial charge is 0.504 e. The molecular formula is C4H2Cl2N2O. The summed E-state index contributed by atoms with van der Waals surface area (Å²) in [5.41, 5.74) is 0. The van der Waals surface area contributed by atoms with Gasteiger partial charge in [-0.1, -0.05) is 23.2 Å². The molecule has 0 aromatic carbocycles. The summed E-state index contributed by atoms with van der Waals surface area (Å²) in [4.78, 5) is 0. The van der Waals surface area contributed by atoms with Crippen LogP contribution in [-0.4, -0.2) is 15.3 Å². The second-order valence-electron chi connectivity index (χ2n) is 1.33. The zero-order chi connectivity index (χ0) is 6.85. The van der Waals surface area contributed by atoms with Crippen molar-refractivity contribution in [2.45, 2.75) is 0 Å². The van der Waals surface area contributed by atoms with Crippen molar-refractivity contribution in [2.75, 3.05) is 0 Å². The zero-order valence-corrected chi connectivity index (χ0v) is 5.69. The molecule has 0 saturated heterocycles. The fourth-order valence-corrected chi connectivity index (χ4v) is 0.664. The third kappa shape index (κ3) is 1.23. The molecule has 9 heavy (non-hydrogen) atoms. The lowest BCUT2D eigenvalue weighted by atomic mass is 10.5. The molecule has 1 N–H and O–H groups in total. The summed E-state index contributed by atoms with van der Waals surface area (Å²) in [7, 11) is 0. The maximum atomic E-state index is 8.84. The Balaban J connectivity index is 3.25. The van der Waals surface area contributed by atoms with E-state index in [-0.39, 0.29) is 15.9 Å². The zero-order valence-electron chi connectivity index (χ0n) is 4.17. The van der Waals surface area contributed by atoms with Crippen LogP contribution >= 0.6 is 23.2 Å². The molecule has 5 heteroatoms. The maximum absolute atomic E-state index is 8.84. The molecule has 0 unspecified atom stereocenters. The van der Waals surface area contributed by atoms with Crippen molar-refractivity contribution in [1.29, 1.82) is 0 Å². The first kappa shape index (κ1) is 6.58. The lowest BCUT2D eigenvalue weighted by molar-refractivity contribution is 0.471. The van der Waals surface area contributed by atoms with E-state index in [2.05, 4.69) is 10.2 Å². The molecule has 48 valence electrons. The van der Waals surface area contributed by atoms with Gasteiger partial charge < -0.3 is 5.11 Å². The minimum atomic E-state index is -0.228. The van der Waals surface area contributed by atoms with Crippen LogP contribution in [0.2, 0.25) is 10.2 Å². The van der Waals surface area contributed by atoms with Crippen LogP contribution in [0, 0.1) is 0 Å². The molecule has 0 aliphatic carbocycles. The molecule has 0 aliphatic rings. The maximum Gasteiger partial charge on any atom is 0.194 e. The molecule has 0 amide bonds. The first-order valence-electron chi connectivity index (χ1n) is 2.07. The average molecular weight is 165 g/mol. The normalized spacial score (nSPS) is 9.56. The summed E-state index contributed by atoms with van der Waals surface area (Å²) in [5.74, 6) is -0.228. The topological polar surface area (TPSA) is 46.0 Å². The molecule has 0 saturated carbocycles. The monoisotopic (exact) mass is 164 g/mol. The Morgan fingerprint density at radius 3 is 2.56 bits per heavy atom. The van der Waals surface area contributed by atoms with Gasteiger partial charge in [0.05, 0.1) is 6.20 Å². The van der Waals surface area contributed by atoms with Gasteiger partial charge in [0.1, 0.15) is 5.02 Å². The van der Waals surface area contributed by atoms with E-state index in [0.29, 0.717) is 0 Å². The van der Waals surface area contributed by atoms with Gasteiger partial charge in [-0.05, 0) is 0 Å². The second kappa shape index (κ2) is 2.37. The van der Waals surface area contributed by atoms with Gasteiger partial charge in [-0.2, -0.15) is 5.10 Å². The fourth-order valence-electron chi connectivity index (χ4n) is 0.337. The van der Waals surface area contributed by atoms with Crippen LogP contribution in [0.15, 0.2) is 6.20 Å². The van der Waals surface area contributed by atoms with Crippen molar-refractivity contribution in [3.05, 3.63) is 16.4 Å². The van der Waals surface area contributed by atoms with Crippen molar-refractivity contribution in [3.63, 3.8) is 0 Å². The molecule has 1 aromatic rings. The summed E-state index contributed by atoms with van der Waals surface area (Å²) < 4.78 is 0.